The molecule has 1 aromatic heterocycles. The van der Waals surface area contributed by atoms with Crippen LogP contribution in [0.15, 0.2) is 30.7 Å². The molecule has 6 heteroatoms. The zero-order chi connectivity index (χ0) is 20.6. The topological polar surface area (TPSA) is 64.5 Å². The lowest BCUT2D eigenvalue weighted by Gasteiger charge is -2.31. The fraction of sp³-hybridized carbons (Fsp3) is 0.522. The van der Waals surface area contributed by atoms with Gasteiger partial charge in [-0.1, -0.05) is 19.1 Å². The summed E-state index contributed by atoms with van der Waals surface area (Å²) in [5, 5.41) is 0. The fourth-order valence-electron chi connectivity index (χ4n) is 3.99. The van der Waals surface area contributed by atoms with Gasteiger partial charge in [-0.15, -0.1) is 0 Å². The average molecular weight is 398 g/mol. The van der Waals surface area contributed by atoms with Gasteiger partial charge < -0.3 is 14.4 Å². The van der Waals surface area contributed by atoms with Crippen molar-refractivity contribution < 1.29 is 14.3 Å². The Morgan fingerprint density at radius 1 is 1.21 bits per heavy atom. The van der Waals surface area contributed by atoms with E-state index in [2.05, 4.69) is 40.0 Å². The fourth-order valence-corrected chi connectivity index (χ4v) is 3.99. The summed E-state index contributed by atoms with van der Waals surface area (Å²) >= 11 is 0. The Bertz CT molecular complexity index is 819. The first kappa shape index (κ1) is 21.2. The highest BCUT2D eigenvalue weighted by molar-refractivity contribution is 5.85. The van der Waals surface area contributed by atoms with E-state index in [1.54, 1.807) is 19.6 Å². The molecule has 1 aliphatic heterocycles. The maximum Gasteiger partial charge on any atom is 0.313 e. The Labute approximate surface area is 173 Å². The summed E-state index contributed by atoms with van der Waals surface area (Å²) in [7, 11) is 3.05. The molecule has 0 amide bonds. The summed E-state index contributed by atoms with van der Waals surface area (Å²) in [5.74, 6) is -0.751. The summed E-state index contributed by atoms with van der Waals surface area (Å²) < 4.78 is 10.3. The first-order valence-electron chi connectivity index (χ1n) is 10.4. The van der Waals surface area contributed by atoms with Gasteiger partial charge in [-0.25, -0.2) is 9.97 Å². The molecule has 0 saturated carbocycles. The minimum absolute atomic E-state index is 0.289. The Balaban J connectivity index is 2.10. The van der Waals surface area contributed by atoms with E-state index in [9.17, 15) is 4.79 Å². The van der Waals surface area contributed by atoms with Crippen molar-refractivity contribution >= 4 is 11.7 Å². The second kappa shape index (κ2) is 10.3. The van der Waals surface area contributed by atoms with Crippen molar-refractivity contribution in [2.45, 2.75) is 44.9 Å². The zero-order valence-corrected chi connectivity index (χ0v) is 17.7. The third-order valence-corrected chi connectivity index (χ3v) is 5.63. The summed E-state index contributed by atoms with van der Waals surface area (Å²) in [6.45, 7) is 4.72. The summed E-state index contributed by atoms with van der Waals surface area (Å²) in [6, 6.07) is 6.56. The van der Waals surface area contributed by atoms with E-state index in [1.165, 1.54) is 37.6 Å². The van der Waals surface area contributed by atoms with Crippen LogP contribution in [0.1, 0.15) is 49.7 Å². The van der Waals surface area contributed by atoms with Gasteiger partial charge in [0.1, 0.15) is 6.33 Å². The maximum absolute atomic E-state index is 12.5. The number of rotatable bonds is 8. The van der Waals surface area contributed by atoms with Crippen LogP contribution in [0.25, 0.3) is 11.3 Å². The van der Waals surface area contributed by atoms with Crippen LogP contribution >= 0.6 is 0 Å². The number of piperidine rings is 1. The van der Waals surface area contributed by atoms with Crippen molar-refractivity contribution in [1.29, 1.82) is 0 Å². The highest BCUT2D eigenvalue weighted by Gasteiger charge is 2.27. The predicted octanol–water partition coefficient (Wildman–Crippen LogP) is 3.99. The molecule has 0 spiro atoms. The largest absolute Gasteiger partial charge is 0.469 e. The van der Waals surface area contributed by atoms with Gasteiger partial charge >= 0.3 is 5.97 Å². The molecule has 3 rings (SSSR count). The van der Waals surface area contributed by atoms with E-state index in [4.69, 9.17) is 9.47 Å². The molecule has 29 heavy (non-hydrogen) atoms. The molecule has 0 bridgehead atoms. The summed E-state index contributed by atoms with van der Waals surface area (Å²) in [6.07, 6.45) is 8.48. The molecular formula is C23H31N3O3. The van der Waals surface area contributed by atoms with Gasteiger partial charge in [-0.05, 0) is 43.7 Å². The molecule has 2 aromatic rings. The van der Waals surface area contributed by atoms with Crippen LogP contribution < -0.4 is 4.90 Å². The Morgan fingerprint density at radius 2 is 2.00 bits per heavy atom. The molecule has 0 aliphatic carbocycles. The van der Waals surface area contributed by atoms with E-state index in [0.717, 1.165) is 36.3 Å². The number of hydrogen-bond donors (Lipinski definition) is 0. The lowest BCUT2D eigenvalue weighted by molar-refractivity contribution is -0.142. The maximum atomic E-state index is 12.5. The molecule has 1 atom stereocenters. The molecule has 1 unspecified atom stereocenters. The van der Waals surface area contributed by atoms with Crippen molar-refractivity contribution in [1.82, 2.24) is 9.97 Å². The minimum Gasteiger partial charge on any atom is -0.469 e. The summed E-state index contributed by atoms with van der Waals surface area (Å²) in [4.78, 5) is 23.8. The first-order valence-corrected chi connectivity index (χ1v) is 10.4. The van der Waals surface area contributed by atoms with Crippen molar-refractivity contribution in [3.8, 4) is 11.3 Å². The Morgan fingerprint density at radius 3 is 2.69 bits per heavy atom. The predicted molar refractivity (Wildman–Crippen MR) is 114 cm³/mol. The number of nitrogens with zero attached hydrogens (tertiary/aromatic N) is 3. The highest BCUT2D eigenvalue weighted by atomic mass is 16.5. The number of hydrogen-bond acceptors (Lipinski definition) is 6. The smallest absolute Gasteiger partial charge is 0.313 e. The van der Waals surface area contributed by atoms with Crippen molar-refractivity contribution in [2.75, 3.05) is 38.8 Å². The standard InChI is InChI=1S/C23H31N3O3/c1-4-17-8-9-19(21(14-17)26-11-6-5-7-12-26)22-20(15-24-16-25-22)18(10-13-28-2)23(27)29-3/h8-9,14-16,18H,4-7,10-13H2,1-3H3. The van der Waals surface area contributed by atoms with Crippen LogP contribution in [-0.2, 0) is 20.7 Å². The second-order valence-electron chi connectivity index (χ2n) is 7.44. The number of methoxy groups -OCH3 is 2. The van der Waals surface area contributed by atoms with Crippen LogP contribution in [0.3, 0.4) is 0 Å². The molecule has 1 aromatic carbocycles. The van der Waals surface area contributed by atoms with Crippen molar-refractivity contribution in [2.24, 2.45) is 0 Å². The van der Waals surface area contributed by atoms with Gasteiger partial charge in [-0.2, -0.15) is 0 Å². The lowest BCUT2D eigenvalue weighted by atomic mass is 9.91. The number of carbonyl (C=O) groups excluding carboxylic acids is 1. The minimum atomic E-state index is -0.462. The second-order valence-corrected chi connectivity index (χ2v) is 7.44. The number of aromatic nitrogens is 2. The van der Waals surface area contributed by atoms with Crippen LogP contribution in [0.2, 0.25) is 0 Å². The lowest BCUT2D eigenvalue weighted by Crippen LogP contribution is -2.30. The van der Waals surface area contributed by atoms with E-state index in [0.29, 0.717) is 13.0 Å². The Hall–Kier alpha value is -2.47. The number of carbonyl (C=O) groups is 1. The van der Waals surface area contributed by atoms with Gasteiger partial charge in [0.05, 0.1) is 18.7 Å². The van der Waals surface area contributed by atoms with E-state index in [-0.39, 0.29) is 5.97 Å². The molecule has 6 nitrogen and oxygen atoms in total. The molecule has 0 N–H and O–H groups in total. The van der Waals surface area contributed by atoms with E-state index >= 15 is 0 Å². The van der Waals surface area contributed by atoms with Crippen LogP contribution in [-0.4, -0.2) is 49.9 Å². The monoisotopic (exact) mass is 397 g/mol. The third-order valence-electron chi connectivity index (χ3n) is 5.63. The molecule has 1 saturated heterocycles. The molecule has 1 fully saturated rings. The van der Waals surface area contributed by atoms with Crippen molar-refractivity contribution in [3.63, 3.8) is 0 Å². The van der Waals surface area contributed by atoms with Crippen molar-refractivity contribution in [3.05, 3.63) is 41.9 Å². The normalized spacial score (nSPS) is 15.2. The number of esters is 1. The molecule has 156 valence electrons. The molecule has 2 heterocycles. The molecule has 0 radical (unpaired) electrons. The first-order chi connectivity index (χ1) is 14.2. The van der Waals surface area contributed by atoms with Crippen LogP contribution in [0.4, 0.5) is 5.69 Å². The third kappa shape index (κ3) is 4.93. The number of aryl methyl sites for hydroxylation is 1. The van der Waals surface area contributed by atoms with E-state index in [1.807, 2.05) is 0 Å². The highest BCUT2D eigenvalue weighted by Crippen LogP contribution is 2.37. The van der Waals surface area contributed by atoms with Crippen LogP contribution in [0.5, 0.6) is 0 Å². The Kier molecular flexibility index (Phi) is 7.58. The van der Waals surface area contributed by atoms with Gasteiger partial charge in [0, 0.05) is 49.8 Å². The van der Waals surface area contributed by atoms with Gasteiger partial charge in [-0.3, -0.25) is 4.79 Å². The average Bonchev–Trinajstić information content (AvgIpc) is 2.79. The van der Waals surface area contributed by atoms with Crippen LogP contribution in [0, 0.1) is 0 Å². The molecule has 1 aliphatic rings. The molecular weight excluding hydrogens is 366 g/mol. The summed E-state index contributed by atoms with van der Waals surface area (Å²) in [5.41, 5.74) is 5.13. The SMILES string of the molecule is CCc1ccc(-c2ncncc2C(CCOC)C(=O)OC)c(N2CCCCC2)c1. The zero-order valence-electron chi connectivity index (χ0n) is 17.7. The van der Waals surface area contributed by atoms with Gasteiger partial charge in [0.15, 0.2) is 0 Å². The number of ether oxygens (including phenoxy) is 2. The number of benzene rings is 1. The van der Waals surface area contributed by atoms with Gasteiger partial charge in [0.2, 0.25) is 0 Å². The van der Waals surface area contributed by atoms with E-state index < -0.39 is 5.92 Å². The van der Waals surface area contributed by atoms with Gasteiger partial charge in [0.25, 0.3) is 0 Å². The quantitative estimate of drug-likeness (QED) is 0.628. The number of anilines is 1.